The van der Waals surface area contributed by atoms with Gasteiger partial charge in [0.15, 0.2) is 0 Å². The van der Waals surface area contributed by atoms with Gasteiger partial charge in [0.2, 0.25) is 0 Å². The quantitative estimate of drug-likeness (QED) is 0.926. The van der Waals surface area contributed by atoms with Gasteiger partial charge in [-0.2, -0.15) is 0 Å². The highest BCUT2D eigenvalue weighted by Gasteiger charge is 2.29. The minimum Gasteiger partial charge on any atom is -0.453 e. The zero-order valence-corrected chi connectivity index (χ0v) is 13.9. The SMILES string of the molecule is COC(=O)Nc1ccccc1C(=O)N1CCC(c2cccc(F)c2)C1. The number of methoxy groups -OCH3 is 1. The molecule has 1 heterocycles. The van der Waals surface area contributed by atoms with Crippen molar-refractivity contribution in [3.05, 3.63) is 65.5 Å². The molecule has 0 bridgehead atoms. The van der Waals surface area contributed by atoms with Gasteiger partial charge in [-0.05, 0) is 36.2 Å². The van der Waals surface area contributed by atoms with Crippen LogP contribution < -0.4 is 5.32 Å². The van der Waals surface area contributed by atoms with E-state index in [1.54, 1.807) is 35.2 Å². The van der Waals surface area contributed by atoms with Crippen LogP contribution in [0.3, 0.4) is 0 Å². The average molecular weight is 342 g/mol. The van der Waals surface area contributed by atoms with Gasteiger partial charge in [0, 0.05) is 19.0 Å². The molecule has 2 amide bonds. The Morgan fingerprint density at radius 3 is 2.76 bits per heavy atom. The van der Waals surface area contributed by atoms with Crippen LogP contribution in [0.25, 0.3) is 0 Å². The Labute approximate surface area is 145 Å². The molecule has 0 spiro atoms. The van der Waals surface area contributed by atoms with Crippen molar-refractivity contribution in [2.75, 3.05) is 25.5 Å². The lowest BCUT2D eigenvalue weighted by Crippen LogP contribution is -2.29. The number of rotatable bonds is 3. The molecule has 2 aromatic rings. The molecule has 3 rings (SSSR count). The Bertz CT molecular complexity index is 794. The summed E-state index contributed by atoms with van der Waals surface area (Å²) in [5.41, 5.74) is 1.72. The number of carbonyl (C=O) groups excluding carboxylic acids is 2. The number of benzene rings is 2. The maximum atomic E-state index is 13.4. The van der Waals surface area contributed by atoms with Gasteiger partial charge in [-0.15, -0.1) is 0 Å². The highest BCUT2D eigenvalue weighted by atomic mass is 19.1. The molecule has 0 aliphatic carbocycles. The number of para-hydroxylation sites is 1. The molecule has 1 aliphatic rings. The summed E-state index contributed by atoms with van der Waals surface area (Å²) in [6.45, 7) is 1.11. The van der Waals surface area contributed by atoms with Crippen LogP contribution in [0.1, 0.15) is 28.3 Å². The fraction of sp³-hybridized carbons (Fsp3) is 0.263. The van der Waals surface area contributed by atoms with Gasteiger partial charge < -0.3 is 9.64 Å². The van der Waals surface area contributed by atoms with Crippen LogP contribution >= 0.6 is 0 Å². The van der Waals surface area contributed by atoms with Gasteiger partial charge in [-0.3, -0.25) is 10.1 Å². The van der Waals surface area contributed by atoms with E-state index in [0.29, 0.717) is 24.3 Å². The van der Waals surface area contributed by atoms with Crippen molar-refractivity contribution in [3.8, 4) is 0 Å². The molecule has 5 nitrogen and oxygen atoms in total. The maximum Gasteiger partial charge on any atom is 0.411 e. The molecule has 0 saturated carbocycles. The number of likely N-dealkylation sites (tertiary alicyclic amines) is 1. The van der Waals surface area contributed by atoms with E-state index in [9.17, 15) is 14.0 Å². The minimum absolute atomic E-state index is 0.111. The third-order valence-electron chi connectivity index (χ3n) is 4.38. The number of hydrogen-bond donors (Lipinski definition) is 1. The zero-order chi connectivity index (χ0) is 17.8. The van der Waals surface area contributed by atoms with Crippen LogP contribution in [0.4, 0.5) is 14.9 Å². The van der Waals surface area contributed by atoms with Crippen LogP contribution in [0.15, 0.2) is 48.5 Å². The van der Waals surface area contributed by atoms with E-state index in [-0.39, 0.29) is 17.6 Å². The lowest BCUT2D eigenvalue weighted by Gasteiger charge is -2.19. The first-order chi connectivity index (χ1) is 12.1. The predicted octanol–water partition coefficient (Wildman–Crippen LogP) is 3.63. The van der Waals surface area contributed by atoms with Gasteiger partial charge in [0.05, 0.1) is 18.4 Å². The van der Waals surface area contributed by atoms with Crippen molar-refractivity contribution >= 4 is 17.7 Å². The summed E-state index contributed by atoms with van der Waals surface area (Å²) in [7, 11) is 1.27. The molecular weight excluding hydrogens is 323 g/mol. The van der Waals surface area contributed by atoms with E-state index in [0.717, 1.165) is 12.0 Å². The fourth-order valence-electron chi connectivity index (χ4n) is 3.09. The maximum absolute atomic E-state index is 13.4. The lowest BCUT2D eigenvalue weighted by atomic mass is 9.98. The van der Waals surface area contributed by atoms with Crippen LogP contribution in [-0.2, 0) is 4.74 Å². The number of amides is 2. The molecule has 0 radical (unpaired) electrons. The van der Waals surface area contributed by atoms with Crippen molar-refractivity contribution < 1.29 is 18.7 Å². The number of halogens is 1. The monoisotopic (exact) mass is 342 g/mol. The van der Waals surface area contributed by atoms with Gasteiger partial charge in [0.1, 0.15) is 5.82 Å². The number of carbonyl (C=O) groups is 2. The number of ether oxygens (including phenoxy) is 1. The molecule has 0 aromatic heterocycles. The summed E-state index contributed by atoms with van der Waals surface area (Å²) in [4.78, 5) is 26.0. The van der Waals surface area contributed by atoms with Crippen molar-refractivity contribution in [1.82, 2.24) is 4.90 Å². The summed E-state index contributed by atoms with van der Waals surface area (Å²) in [6.07, 6.45) is 0.154. The summed E-state index contributed by atoms with van der Waals surface area (Å²) in [5.74, 6) is -0.318. The first-order valence-electron chi connectivity index (χ1n) is 8.07. The second-order valence-corrected chi connectivity index (χ2v) is 5.95. The number of nitrogens with zero attached hydrogens (tertiary/aromatic N) is 1. The van der Waals surface area contributed by atoms with Crippen molar-refractivity contribution in [2.24, 2.45) is 0 Å². The largest absolute Gasteiger partial charge is 0.453 e. The average Bonchev–Trinajstić information content (AvgIpc) is 3.11. The topological polar surface area (TPSA) is 58.6 Å². The van der Waals surface area contributed by atoms with Crippen LogP contribution in [-0.4, -0.2) is 37.1 Å². The summed E-state index contributed by atoms with van der Waals surface area (Å²) < 4.78 is 18.0. The van der Waals surface area contributed by atoms with E-state index in [2.05, 4.69) is 10.1 Å². The lowest BCUT2D eigenvalue weighted by molar-refractivity contribution is 0.0792. The predicted molar refractivity (Wildman–Crippen MR) is 92.1 cm³/mol. The normalized spacial score (nSPS) is 16.6. The second kappa shape index (κ2) is 7.34. The van der Waals surface area contributed by atoms with Crippen molar-refractivity contribution in [2.45, 2.75) is 12.3 Å². The van der Waals surface area contributed by atoms with Crippen LogP contribution in [0, 0.1) is 5.82 Å². The smallest absolute Gasteiger partial charge is 0.411 e. The molecule has 1 fully saturated rings. The minimum atomic E-state index is -0.626. The Hall–Kier alpha value is -2.89. The fourth-order valence-corrected chi connectivity index (χ4v) is 3.09. The van der Waals surface area contributed by atoms with Crippen LogP contribution in [0.2, 0.25) is 0 Å². The Balaban J connectivity index is 1.75. The highest BCUT2D eigenvalue weighted by molar-refractivity contribution is 6.02. The van der Waals surface area contributed by atoms with Crippen molar-refractivity contribution in [1.29, 1.82) is 0 Å². The first kappa shape index (κ1) is 17.0. The molecular formula is C19H19FN2O3. The number of nitrogens with one attached hydrogen (secondary N) is 1. The molecule has 1 unspecified atom stereocenters. The van der Waals surface area contributed by atoms with E-state index >= 15 is 0 Å². The molecule has 25 heavy (non-hydrogen) atoms. The zero-order valence-electron chi connectivity index (χ0n) is 13.9. The summed E-state index contributed by atoms with van der Waals surface area (Å²) >= 11 is 0. The van der Waals surface area contributed by atoms with Crippen molar-refractivity contribution in [3.63, 3.8) is 0 Å². The van der Waals surface area contributed by atoms with Gasteiger partial charge >= 0.3 is 6.09 Å². The second-order valence-electron chi connectivity index (χ2n) is 5.95. The molecule has 6 heteroatoms. The van der Waals surface area contributed by atoms with Gasteiger partial charge in [0.25, 0.3) is 5.91 Å². The summed E-state index contributed by atoms with van der Waals surface area (Å²) in [5, 5.41) is 2.56. The van der Waals surface area contributed by atoms with E-state index in [4.69, 9.17) is 0 Å². The molecule has 1 saturated heterocycles. The number of anilines is 1. The standard InChI is InChI=1S/C19H19FN2O3/c1-25-19(24)21-17-8-3-2-7-16(17)18(23)22-10-9-14(12-22)13-5-4-6-15(20)11-13/h2-8,11,14H,9-10,12H2,1H3,(H,21,24). The Morgan fingerprint density at radius 2 is 2.00 bits per heavy atom. The third kappa shape index (κ3) is 3.79. The van der Waals surface area contributed by atoms with Gasteiger partial charge in [-0.25, -0.2) is 9.18 Å². The van der Waals surface area contributed by atoms with E-state index < -0.39 is 6.09 Å². The van der Waals surface area contributed by atoms with E-state index in [1.807, 2.05) is 6.07 Å². The highest BCUT2D eigenvalue weighted by Crippen LogP contribution is 2.29. The molecule has 130 valence electrons. The molecule has 2 aromatic carbocycles. The molecule has 1 atom stereocenters. The molecule has 1 N–H and O–H groups in total. The number of hydrogen-bond acceptors (Lipinski definition) is 3. The Kier molecular flexibility index (Phi) is 4.97. The Morgan fingerprint density at radius 1 is 1.20 bits per heavy atom. The van der Waals surface area contributed by atoms with Gasteiger partial charge in [-0.1, -0.05) is 24.3 Å². The summed E-state index contributed by atoms with van der Waals surface area (Å²) in [6, 6.07) is 13.3. The first-order valence-corrected chi connectivity index (χ1v) is 8.07. The molecule has 1 aliphatic heterocycles. The van der Waals surface area contributed by atoms with E-state index in [1.165, 1.54) is 19.2 Å². The van der Waals surface area contributed by atoms with Crippen LogP contribution in [0.5, 0.6) is 0 Å². The third-order valence-corrected chi connectivity index (χ3v) is 4.38.